The van der Waals surface area contributed by atoms with Crippen LogP contribution in [0.25, 0.3) is 0 Å². The molecule has 0 aromatic heterocycles. The summed E-state index contributed by atoms with van der Waals surface area (Å²) in [4.78, 5) is 0. The summed E-state index contributed by atoms with van der Waals surface area (Å²) >= 11 is 0. The Morgan fingerprint density at radius 2 is 2.10 bits per heavy atom. The maximum absolute atomic E-state index is 2.21. The van der Waals surface area contributed by atoms with Crippen molar-refractivity contribution in [3.05, 3.63) is 29.7 Å². The Hall–Kier alpha value is 0.350. The first kappa shape index (κ1) is 10.4. The topological polar surface area (TPSA) is 0 Å². The average molecular weight is 300 g/mol. The Balaban J connectivity index is 0.000000810. The molecular formula is C9H13Hf. The zero-order chi connectivity index (χ0) is 6.69. The van der Waals surface area contributed by atoms with E-state index in [0.29, 0.717) is 0 Å². The van der Waals surface area contributed by atoms with Gasteiger partial charge in [0.1, 0.15) is 0 Å². The molecule has 53 valence electrons. The van der Waals surface area contributed by atoms with Crippen LogP contribution in [-0.2, 0) is 25.8 Å². The molecule has 0 unspecified atom stereocenters. The predicted octanol–water partition coefficient (Wildman–Crippen LogP) is 2.87. The zero-order valence-electron chi connectivity index (χ0n) is 6.65. The molecule has 10 heavy (non-hydrogen) atoms. The Bertz CT molecular complexity index is 145. The molecule has 0 nitrogen and oxygen atoms in total. The Kier molecular flexibility index (Phi) is 5.24. The van der Waals surface area contributed by atoms with E-state index in [1.807, 2.05) is 0 Å². The fraction of sp³-hybridized carbons (Fsp3) is 0.444. The van der Waals surface area contributed by atoms with Crippen molar-refractivity contribution in [1.82, 2.24) is 0 Å². The molecule has 0 atom stereocenters. The van der Waals surface area contributed by atoms with Crippen molar-refractivity contribution in [2.75, 3.05) is 0 Å². The minimum Gasteiger partial charge on any atom is -0.0731 e. The van der Waals surface area contributed by atoms with Gasteiger partial charge < -0.3 is 0 Å². The van der Waals surface area contributed by atoms with E-state index in [0.717, 1.165) is 0 Å². The van der Waals surface area contributed by atoms with Crippen molar-refractivity contribution >= 4 is 0 Å². The van der Waals surface area contributed by atoms with E-state index in [1.165, 1.54) is 24.3 Å². The summed E-state index contributed by atoms with van der Waals surface area (Å²) in [6.45, 7) is 4.39. The summed E-state index contributed by atoms with van der Waals surface area (Å²) in [6, 6.07) is 0. The number of hydrogen-bond acceptors (Lipinski definition) is 0. The van der Waals surface area contributed by atoms with Crippen molar-refractivity contribution < 1.29 is 25.8 Å². The minimum absolute atomic E-state index is 0. The second kappa shape index (κ2) is 5.06. The first-order valence-corrected chi connectivity index (χ1v) is 3.55. The van der Waals surface area contributed by atoms with Crippen LogP contribution in [0.5, 0.6) is 0 Å². The summed E-state index contributed by atoms with van der Waals surface area (Å²) < 4.78 is 0. The summed E-state index contributed by atoms with van der Waals surface area (Å²) in [5.74, 6) is 1.51. The maximum atomic E-state index is 2.21. The normalized spacial score (nSPS) is 16.8. The molecule has 0 spiro atoms. The molecule has 0 bridgehead atoms. The van der Waals surface area contributed by atoms with Crippen LogP contribution >= 0.6 is 0 Å². The summed E-state index contributed by atoms with van der Waals surface area (Å²) in [5, 5.41) is 0. The van der Waals surface area contributed by atoms with Gasteiger partial charge in [0.05, 0.1) is 0 Å². The molecule has 0 aliphatic heterocycles. The molecule has 0 heterocycles. The Labute approximate surface area is 82.2 Å². The zero-order valence-corrected chi connectivity index (χ0v) is 10.2. The Morgan fingerprint density at radius 1 is 1.40 bits per heavy atom. The first-order chi connectivity index (χ1) is 4.34. The molecule has 0 aromatic rings. The summed E-state index contributed by atoms with van der Waals surface area (Å²) in [7, 11) is 0. The van der Waals surface area contributed by atoms with Crippen LogP contribution in [0.1, 0.15) is 26.7 Å². The van der Waals surface area contributed by atoms with Crippen molar-refractivity contribution in [2.45, 2.75) is 26.7 Å². The standard InChI is InChI=1S/C9H13.Hf/c1-3-5-9-7-4-6-8(9)2;/h4,6-7H,3,5H2,1-2H3;. The third-order valence-corrected chi connectivity index (χ3v) is 1.67. The molecule has 1 aliphatic rings. The van der Waals surface area contributed by atoms with Gasteiger partial charge in [0.15, 0.2) is 0 Å². The quantitative estimate of drug-likeness (QED) is 0.688. The molecule has 0 aromatic carbocycles. The van der Waals surface area contributed by atoms with Crippen molar-refractivity contribution in [1.29, 1.82) is 0 Å². The van der Waals surface area contributed by atoms with Crippen molar-refractivity contribution in [3.8, 4) is 0 Å². The molecule has 0 fully saturated rings. The van der Waals surface area contributed by atoms with Gasteiger partial charge in [-0.3, -0.25) is 0 Å². The Morgan fingerprint density at radius 3 is 2.50 bits per heavy atom. The SMILES string of the molecule is CCC[C]1C=CC=C1C.[Hf]. The maximum Gasteiger partial charge on any atom is 0.0222 e. The predicted molar refractivity (Wildman–Crippen MR) is 41.0 cm³/mol. The van der Waals surface area contributed by atoms with Crippen LogP contribution in [0, 0.1) is 5.92 Å². The van der Waals surface area contributed by atoms with E-state index in [1.54, 1.807) is 0 Å². The van der Waals surface area contributed by atoms with Gasteiger partial charge in [0.2, 0.25) is 0 Å². The summed E-state index contributed by atoms with van der Waals surface area (Å²) in [6.07, 6.45) is 8.99. The number of rotatable bonds is 2. The molecular weight excluding hydrogens is 287 g/mol. The van der Waals surface area contributed by atoms with Crippen molar-refractivity contribution in [3.63, 3.8) is 0 Å². The van der Waals surface area contributed by atoms with Gasteiger partial charge in [-0.2, -0.15) is 0 Å². The monoisotopic (exact) mass is 301 g/mol. The second-order valence-corrected chi connectivity index (χ2v) is 2.48. The van der Waals surface area contributed by atoms with Gasteiger partial charge in [-0.1, -0.05) is 37.1 Å². The van der Waals surface area contributed by atoms with E-state index < -0.39 is 0 Å². The van der Waals surface area contributed by atoms with Crippen molar-refractivity contribution in [2.24, 2.45) is 0 Å². The van der Waals surface area contributed by atoms with Gasteiger partial charge in [-0.15, -0.1) is 0 Å². The molecule has 0 saturated heterocycles. The fourth-order valence-corrected chi connectivity index (χ4v) is 1.10. The van der Waals surface area contributed by atoms with E-state index in [9.17, 15) is 0 Å². The van der Waals surface area contributed by atoms with Crippen LogP contribution < -0.4 is 0 Å². The van der Waals surface area contributed by atoms with Gasteiger partial charge in [0.25, 0.3) is 0 Å². The molecule has 1 heteroatoms. The third kappa shape index (κ3) is 2.53. The van der Waals surface area contributed by atoms with E-state index in [2.05, 4.69) is 32.1 Å². The van der Waals surface area contributed by atoms with Crippen LogP contribution in [-0.4, -0.2) is 0 Å². The fourth-order valence-electron chi connectivity index (χ4n) is 1.10. The van der Waals surface area contributed by atoms with Gasteiger partial charge in [0, 0.05) is 31.8 Å². The van der Waals surface area contributed by atoms with E-state index in [-0.39, 0.29) is 25.8 Å². The molecule has 1 radical (unpaired) electrons. The molecule has 0 saturated carbocycles. The molecule has 0 amide bonds. The van der Waals surface area contributed by atoms with Gasteiger partial charge in [-0.25, -0.2) is 0 Å². The number of allylic oxidation sites excluding steroid dienone is 4. The average Bonchev–Trinajstić information content (AvgIpc) is 2.18. The van der Waals surface area contributed by atoms with Crippen LogP contribution in [0.3, 0.4) is 0 Å². The molecule has 1 aliphatic carbocycles. The van der Waals surface area contributed by atoms with E-state index >= 15 is 0 Å². The minimum atomic E-state index is 0. The van der Waals surface area contributed by atoms with Crippen LogP contribution in [0.2, 0.25) is 0 Å². The van der Waals surface area contributed by atoms with Gasteiger partial charge in [-0.05, 0) is 13.3 Å². The first-order valence-electron chi connectivity index (χ1n) is 3.55. The number of hydrogen-bond donors (Lipinski definition) is 0. The largest absolute Gasteiger partial charge is 0.0731 e. The molecule has 0 N–H and O–H groups in total. The van der Waals surface area contributed by atoms with Gasteiger partial charge >= 0.3 is 0 Å². The van der Waals surface area contributed by atoms with Crippen LogP contribution in [0.15, 0.2) is 23.8 Å². The second-order valence-electron chi connectivity index (χ2n) is 2.48. The smallest absolute Gasteiger partial charge is 0.0222 e. The molecule has 1 rings (SSSR count). The van der Waals surface area contributed by atoms with E-state index in [4.69, 9.17) is 0 Å². The summed E-state index contributed by atoms with van der Waals surface area (Å²) in [5.41, 5.74) is 1.44. The van der Waals surface area contributed by atoms with Crippen LogP contribution in [0.4, 0.5) is 0 Å². The third-order valence-electron chi connectivity index (χ3n) is 1.67.